The van der Waals surface area contributed by atoms with Crippen LogP contribution in [0.2, 0.25) is 0 Å². The van der Waals surface area contributed by atoms with Gasteiger partial charge in [-0.05, 0) is 26.3 Å². The molecule has 0 spiro atoms. The molecule has 0 N–H and O–H groups in total. The highest BCUT2D eigenvalue weighted by Crippen LogP contribution is 2.19. The largest absolute Gasteiger partial charge is 0.346 e. The summed E-state index contributed by atoms with van der Waals surface area (Å²) in [6.07, 6.45) is 2.80. The molecule has 0 atom stereocenters. The molecule has 1 aliphatic rings. The number of aryl methyl sites for hydroxylation is 2. The molecule has 7 heteroatoms. The van der Waals surface area contributed by atoms with Gasteiger partial charge in [-0.1, -0.05) is 0 Å². The predicted molar refractivity (Wildman–Crippen MR) is 87.2 cm³/mol. The molecule has 1 saturated heterocycles. The van der Waals surface area contributed by atoms with E-state index in [9.17, 15) is 4.79 Å². The third kappa shape index (κ3) is 3.30. The topological polar surface area (TPSA) is 54.3 Å². The summed E-state index contributed by atoms with van der Waals surface area (Å²) in [4.78, 5) is 21.1. The Morgan fingerprint density at radius 2 is 2.14 bits per heavy atom. The first-order valence-corrected chi connectivity index (χ1v) is 8.45. The molecule has 1 fully saturated rings. The van der Waals surface area contributed by atoms with Gasteiger partial charge >= 0.3 is 0 Å². The average Bonchev–Trinajstić information content (AvgIpc) is 3.03. The lowest BCUT2D eigenvalue weighted by atomic mass is 10.3. The minimum atomic E-state index is 0.146. The van der Waals surface area contributed by atoms with Crippen LogP contribution in [0.3, 0.4) is 0 Å². The predicted octanol–water partition coefficient (Wildman–Crippen LogP) is 1.70. The van der Waals surface area contributed by atoms with Crippen molar-refractivity contribution in [1.82, 2.24) is 19.7 Å². The highest BCUT2D eigenvalue weighted by atomic mass is 32.1. The number of rotatable bonds is 3. The van der Waals surface area contributed by atoms with E-state index in [1.165, 1.54) is 0 Å². The maximum atomic E-state index is 12.5. The van der Waals surface area contributed by atoms with Crippen molar-refractivity contribution < 1.29 is 4.79 Å². The molecule has 1 amide bonds. The van der Waals surface area contributed by atoms with E-state index in [4.69, 9.17) is 0 Å². The highest BCUT2D eigenvalue weighted by Gasteiger charge is 2.21. The van der Waals surface area contributed by atoms with Gasteiger partial charge in [0.05, 0.1) is 5.69 Å². The number of anilines is 1. The Morgan fingerprint density at radius 3 is 2.82 bits per heavy atom. The number of carbonyl (C=O) groups is 1. The summed E-state index contributed by atoms with van der Waals surface area (Å²) in [7, 11) is 0. The molecule has 0 aliphatic carbocycles. The van der Waals surface area contributed by atoms with Crippen LogP contribution in [0, 0.1) is 13.8 Å². The second kappa shape index (κ2) is 6.48. The van der Waals surface area contributed by atoms with E-state index in [0.29, 0.717) is 6.54 Å². The van der Waals surface area contributed by atoms with Crippen LogP contribution in [-0.4, -0.2) is 51.8 Å². The second-order valence-corrected chi connectivity index (χ2v) is 6.49. The standard InChI is InChI=1S/C15H21N5OS/c1-12-10-13(2)20(17-12)11-14(21)18-5-3-6-19(8-7-18)15-16-4-9-22-15/h4,9-10H,3,5-8,11H2,1-2H3. The van der Waals surface area contributed by atoms with Crippen molar-refractivity contribution in [1.29, 1.82) is 0 Å². The van der Waals surface area contributed by atoms with Crippen molar-refractivity contribution in [3.63, 3.8) is 0 Å². The number of hydrogen-bond acceptors (Lipinski definition) is 5. The van der Waals surface area contributed by atoms with Gasteiger partial charge in [0.15, 0.2) is 5.13 Å². The SMILES string of the molecule is Cc1cc(C)n(CC(=O)N2CCCN(c3nccs3)CC2)n1. The van der Waals surface area contributed by atoms with E-state index in [1.54, 1.807) is 16.0 Å². The van der Waals surface area contributed by atoms with Crippen molar-refractivity contribution >= 4 is 22.4 Å². The normalized spacial score (nSPS) is 15.9. The van der Waals surface area contributed by atoms with Gasteiger partial charge in [0, 0.05) is 43.4 Å². The van der Waals surface area contributed by atoms with Crippen molar-refractivity contribution in [2.75, 3.05) is 31.1 Å². The number of aromatic nitrogens is 3. The van der Waals surface area contributed by atoms with E-state index in [-0.39, 0.29) is 5.91 Å². The third-order valence-corrected chi connectivity index (χ3v) is 4.76. The van der Waals surface area contributed by atoms with Crippen LogP contribution in [0.25, 0.3) is 0 Å². The van der Waals surface area contributed by atoms with Crippen LogP contribution in [0.5, 0.6) is 0 Å². The molecule has 0 saturated carbocycles. The van der Waals surface area contributed by atoms with E-state index >= 15 is 0 Å². The number of nitrogens with zero attached hydrogens (tertiary/aromatic N) is 5. The van der Waals surface area contributed by atoms with Gasteiger partial charge in [-0.3, -0.25) is 9.48 Å². The molecular formula is C15H21N5OS. The zero-order chi connectivity index (χ0) is 15.5. The van der Waals surface area contributed by atoms with E-state index in [1.807, 2.05) is 36.4 Å². The summed E-state index contributed by atoms with van der Waals surface area (Å²) in [5.74, 6) is 0.146. The molecular weight excluding hydrogens is 298 g/mol. The van der Waals surface area contributed by atoms with E-state index < -0.39 is 0 Å². The van der Waals surface area contributed by atoms with E-state index in [0.717, 1.165) is 49.1 Å². The van der Waals surface area contributed by atoms with Crippen LogP contribution in [0.1, 0.15) is 17.8 Å². The van der Waals surface area contributed by atoms with Crippen LogP contribution in [-0.2, 0) is 11.3 Å². The fourth-order valence-electron chi connectivity index (χ4n) is 2.79. The number of carbonyl (C=O) groups excluding carboxylic acids is 1. The number of amides is 1. The Hall–Kier alpha value is -1.89. The quantitative estimate of drug-likeness (QED) is 0.864. The average molecular weight is 319 g/mol. The highest BCUT2D eigenvalue weighted by molar-refractivity contribution is 7.13. The lowest BCUT2D eigenvalue weighted by molar-refractivity contribution is -0.131. The molecule has 0 aromatic carbocycles. The number of thiazole rings is 1. The molecule has 0 radical (unpaired) electrons. The van der Waals surface area contributed by atoms with Gasteiger partial charge < -0.3 is 9.80 Å². The lowest BCUT2D eigenvalue weighted by Crippen LogP contribution is -2.37. The van der Waals surface area contributed by atoms with Crippen LogP contribution >= 0.6 is 11.3 Å². The first kappa shape index (κ1) is 15.0. The Bertz CT molecular complexity index is 636. The maximum absolute atomic E-state index is 12.5. The van der Waals surface area contributed by atoms with Crippen LogP contribution < -0.4 is 4.90 Å². The fourth-order valence-corrected chi connectivity index (χ4v) is 3.49. The van der Waals surface area contributed by atoms with Crippen molar-refractivity contribution in [3.8, 4) is 0 Å². The zero-order valence-electron chi connectivity index (χ0n) is 13.0. The molecule has 0 bridgehead atoms. The Labute approximate surface area is 134 Å². The molecule has 2 aromatic heterocycles. The van der Waals surface area contributed by atoms with Crippen LogP contribution in [0.4, 0.5) is 5.13 Å². The molecule has 6 nitrogen and oxygen atoms in total. The van der Waals surface area contributed by atoms with E-state index in [2.05, 4.69) is 15.0 Å². The summed E-state index contributed by atoms with van der Waals surface area (Å²) in [5, 5.41) is 7.42. The lowest BCUT2D eigenvalue weighted by Gasteiger charge is -2.22. The zero-order valence-corrected chi connectivity index (χ0v) is 13.8. The fraction of sp³-hybridized carbons (Fsp3) is 0.533. The van der Waals surface area contributed by atoms with Crippen molar-refractivity contribution in [3.05, 3.63) is 29.0 Å². The number of hydrogen-bond donors (Lipinski definition) is 0. The summed E-state index contributed by atoms with van der Waals surface area (Å²) in [6, 6.07) is 2.00. The summed E-state index contributed by atoms with van der Waals surface area (Å²) >= 11 is 1.65. The molecule has 2 aromatic rings. The Morgan fingerprint density at radius 1 is 1.27 bits per heavy atom. The summed E-state index contributed by atoms with van der Waals surface area (Å²) in [5.41, 5.74) is 1.99. The molecule has 1 aliphatic heterocycles. The maximum Gasteiger partial charge on any atom is 0.244 e. The Kier molecular flexibility index (Phi) is 4.42. The first-order chi connectivity index (χ1) is 10.6. The Balaban J connectivity index is 1.61. The van der Waals surface area contributed by atoms with Gasteiger partial charge in [-0.15, -0.1) is 11.3 Å². The third-order valence-electron chi connectivity index (χ3n) is 3.93. The van der Waals surface area contributed by atoms with Crippen molar-refractivity contribution in [2.24, 2.45) is 0 Å². The van der Waals surface area contributed by atoms with Crippen LogP contribution in [0.15, 0.2) is 17.6 Å². The molecule has 118 valence electrons. The molecule has 3 heterocycles. The smallest absolute Gasteiger partial charge is 0.244 e. The van der Waals surface area contributed by atoms with Gasteiger partial charge in [0.25, 0.3) is 0 Å². The van der Waals surface area contributed by atoms with Gasteiger partial charge in [0.2, 0.25) is 5.91 Å². The summed E-state index contributed by atoms with van der Waals surface area (Å²) in [6.45, 7) is 7.62. The molecule has 22 heavy (non-hydrogen) atoms. The molecule has 0 unspecified atom stereocenters. The molecule has 3 rings (SSSR count). The second-order valence-electron chi connectivity index (χ2n) is 5.62. The first-order valence-electron chi connectivity index (χ1n) is 7.57. The van der Waals surface area contributed by atoms with Crippen molar-refractivity contribution in [2.45, 2.75) is 26.8 Å². The summed E-state index contributed by atoms with van der Waals surface area (Å²) < 4.78 is 1.79. The minimum absolute atomic E-state index is 0.146. The van der Waals surface area contributed by atoms with Gasteiger partial charge in [-0.25, -0.2) is 4.98 Å². The monoisotopic (exact) mass is 319 g/mol. The van der Waals surface area contributed by atoms with Gasteiger partial charge in [0.1, 0.15) is 6.54 Å². The van der Waals surface area contributed by atoms with Gasteiger partial charge in [-0.2, -0.15) is 5.10 Å². The minimum Gasteiger partial charge on any atom is -0.346 e.